The maximum absolute atomic E-state index is 12.4. The molecule has 3 aromatic heterocycles. The van der Waals surface area contributed by atoms with E-state index >= 15 is 0 Å². The second kappa shape index (κ2) is 9.21. The first kappa shape index (κ1) is 25.1. The maximum atomic E-state index is 12.4. The molecule has 0 amide bonds. The molecular weight excluding hydrogens is 531 g/mol. The fraction of sp³-hybridized carbons (Fsp3) is 0. The van der Waals surface area contributed by atoms with Gasteiger partial charge in [-0.25, -0.2) is 33.7 Å². The predicted octanol–water partition coefficient (Wildman–Crippen LogP) is 3.75. The monoisotopic (exact) mass is 544 g/mol. The number of carboxylic acid groups (broad SMARTS) is 4. The van der Waals surface area contributed by atoms with E-state index in [4.69, 9.17) is 0 Å². The normalized spacial score (nSPS) is 11.7. The molecule has 2 aliphatic heterocycles. The third-order valence-electron chi connectivity index (χ3n) is 5.50. The molecule has 12 nitrogen and oxygen atoms in total. The van der Waals surface area contributed by atoms with E-state index < -0.39 is 51.7 Å². The van der Waals surface area contributed by atoms with Gasteiger partial charge in [-0.3, -0.25) is 0 Å². The van der Waals surface area contributed by atoms with Gasteiger partial charge in [0.25, 0.3) is 0 Å². The fourth-order valence-electron chi connectivity index (χ4n) is 4.13. The Morgan fingerprint density at radius 1 is 0.676 bits per heavy atom. The van der Waals surface area contributed by atoms with E-state index in [9.17, 15) is 39.6 Å². The van der Waals surface area contributed by atoms with Gasteiger partial charge >= 0.3 is 24.0 Å². The summed E-state index contributed by atoms with van der Waals surface area (Å²) in [6.07, 6.45) is 4.03. The minimum atomic E-state index is -1.82. The molecule has 8 bridgehead atoms. The molecule has 0 aromatic carbocycles. The third-order valence-corrected chi connectivity index (χ3v) is 5.50. The van der Waals surface area contributed by atoms with Crippen molar-refractivity contribution in [3.8, 4) is 0 Å². The number of hydrogen-bond donors (Lipinski definition) is 5. The third kappa shape index (κ3) is 4.28. The first-order valence-corrected chi connectivity index (χ1v) is 10.2. The molecule has 0 aliphatic carbocycles. The van der Waals surface area contributed by atoms with E-state index in [1.807, 2.05) is 0 Å². The van der Waals surface area contributed by atoms with Gasteiger partial charge in [0.15, 0.2) is 0 Å². The summed E-state index contributed by atoms with van der Waals surface area (Å²) in [6.45, 7) is 0. The smallest absolute Gasteiger partial charge is 0.416 e. The topological polar surface area (TPSA) is 196 Å². The summed E-state index contributed by atoms with van der Waals surface area (Å²) >= 11 is 0. The van der Waals surface area contributed by atoms with Crippen molar-refractivity contribution in [3.05, 3.63) is 69.8 Å². The molecule has 5 rings (SSSR count). The Hall–Kier alpha value is -5.03. The fourth-order valence-corrected chi connectivity index (χ4v) is 4.13. The summed E-state index contributed by atoms with van der Waals surface area (Å²) in [6, 6.07) is 7.92. The zero-order valence-electron chi connectivity index (χ0n) is 18.3. The molecule has 3 aromatic rings. The van der Waals surface area contributed by atoms with Gasteiger partial charge < -0.3 is 25.4 Å². The quantitative estimate of drug-likeness (QED) is 0.208. The zero-order chi connectivity index (χ0) is 25.7. The standard InChI is InChI=1S/C24H14N4O8.Ni/c29-21(30)17-15-6-5-13(27-15)8-12-2-1-10(25-12)7-11-3-4-14(26-11)9-16-18(22(31)32)19(23(33)34)20(17)28(16)24(35)36;/h1-9,25H,(H,29,30)(H,31,32)(H,33,34)(H,35,36);. The molecular formula is C24H14N4NiO8. The van der Waals surface area contributed by atoms with Crippen LogP contribution in [0.15, 0.2) is 30.3 Å². The number of rotatable bonds is 3. The van der Waals surface area contributed by atoms with Gasteiger partial charge in [-0.1, -0.05) is 0 Å². The molecule has 0 fully saturated rings. The summed E-state index contributed by atoms with van der Waals surface area (Å²) in [5.74, 6) is -5.28. The molecule has 5 heterocycles. The molecule has 0 unspecified atom stereocenters. The molecule has 37 heavy (non-hydrogen) atoms. The van der Waals surface area contributed by atoms with Crippen molar-refractivity contribution >= 4 is 70.4 Å². The van der Waals surface area contributed by atoms with Crippen LogP contribution in [0.4, 0.5) is 4.79 Å². The molecule has 0 saturated carbocycles. The van der Waals surface area contributed by atoms with Crippen LogP contribution in [0.5, 0.6) is 0 Å². The van der Waals surface area contributed by atoms with Gasteiger partial charge in [0.1, 0.15) is 16.7 Å². The Morgan fingerprint density at radius 2 is 1.19 bits per heavy atom. The van der Waals surface area contributed by atoms with E-state index in [0.29, 0.717) is 27.0 Å². The summed E-state index contributed by atoms with van der Waals surface area (Å²) < 4.78 is 0.328. The van der Waals surface area contributed by atoms with Crippen LogP contribution in [0.25, 0.3) is 46.4 Å². The second-order valence-corrected chi connectivity index (χ2v) is 7.74. The van der Waals surface area contributed by atoms with Crippen LogP contribution in [0, 0.1) is 0 Å². The van der Waals surface area contributed by atoms with Gasteiger partial charge in [0.2, 0.25) is 0 Å². The van der Waals surface area contributed by atoms with Gasteiger partial charge in [-0.05, 0) is 54.6 Å². The Bertz CT molecular complexity index is 1760. The number of aromatic nitrogens is 4. The number of nitrogens with one attached hydrogen (secondary N) is 1. The summed E-state index contributed by atoms with van der Waals surface area (Å²) in [5, 5.41) is 39.8. The average molecular weight is 545 g/mol. The van der Waals surface area contributed by atoms with E-state index in [1.54, 1.807) is 30.3 Å². The van der Waals surface area contributed by atoms with Gasteiger partial charge in [0.05, 0.1) is 33.8 Å². The van der Waals surface area contributed by atoms with Crippen molar-refractivity contribution in [1.82, 2.24) is 19.5 Å². The predicted molar refractivity (Wildman–Crippen MR) is 127 cm³/mol. The van der Waals surface area contributed by atoms with Crippen molar-refractivity contribution in [3.63, 3.8) is 0 Å². The summed E-state index contributed by atoms with van der Waals surface area (Å²) in [4.78, 5) is 60.8. The van der Waals surface area contributed by atoms with Gasteiger partial charge in [-0.2, -0.15) is 0 Å². The largest absolute Gasteiger partial charge is 0.478 e. The molecule has 0 saturated heterocycles. The zero-order valence-corrected chi connectivity index (χ0v) is 19.3. The van der Waals surface area contributed by atoms with Crippen LogP contribution in [0.2, 0.25) is 0 Å². The van der Waals surface area contributed by atoms with Crippen LogP contribution in [0.3, 0.4) is 0 Å². The van der Waals surface area contributed by atoms with Gasteiger partial charge in [-0.15, -0.1) is 0 Å². The Kier molecular flexibility index (Phi) is 6.24. The Morgan fingerprint density at radius 3 is 1.73 bits per heavy atom. The van der Waals surface area contributed by atoms with Crippen molar-refractivity contribution in [2.24, 2.45) is 0 Å². The number of H-pyrrole nitrogens is 1. The molecule has 5 N–H and O–H groups in total. The first-order valence-electron chi connectivity index (χ1n) is 10.2. The number of carbonyl (C=O) groups is 4. The molecule has 2 aliphatic rings. The van der Waals surface area contributed by atoms with Crippen LogP contribution < -0.4 is 0 Å². The number of aromatic carboxylic acids is 3. The van der Waals surface area contributed by atoms with E-state index in [0.717, 1.165) is 6.07 Å². The molecule has 13 heteroatoms. The second-order valence-electron chi connectivity index (χ2n) is 7.74. The Balaban J connectivity index is 0.00000320. The molecule has 0 radical (unpaired) electrons. The molecule has 0 spiro atoms. The first-order chi connectivity index (χ1) is 17.1. The number of carboxylic acids is 3. The van der Waals surface area contributed by atoms with Crippen molar-refractivity contribution in [1.29, 1.82) is 0 Å². The number of fused-ring (bicyclic) bond motifs is 8. The Labute approximate surface area is 215 Å². The van der Waals surface area contributed by atoms with Crippen molar-refractivity contribution in [2.75, 3.05) is 0 Å². The number of aromatic amines is 1. The van der Waals surface area contributed by atoms with Crippen LogP contribution >= 0.6 is 0 Å². The van der Waals surface area contributed by atoms with Crippen LogP contribution in [-0.2, 0) is 16.5 Å². The molecule has 188 valence electrons. The van der Waals surface area contributed by atoms with Crippen molar-refractivity contribution < 1.29 is 56.1 Å². The summed E-state index contributed by atoms with van der Waals surface area (Å²) in [7, 11) is 0. The average Bonchev–Trinajstić information content (AvgIpc) is 3.56. The van der Waals surface area contributed by atoms with Crippen LogP contribution in [0.1, 0.15) is 53.8 Å². The number of nitrogens with zero attached hydrogens (tertiary/aromatic N) is 3. The molecule has 0 atom stereocenters. The maximum Gasteiger partial charge on any atom is 0.416 e. The minimum absolute atomic E-state index is 0. The number of hydrogen-bond acceptors (Lipinski definition) is 6. The SMILES string of the molecule is O=C(O)c1c(C(=O)O)c2c(C(=O)O)c3nc(cc4ccc(cc5nc(cc1n2C(=O)O)C=C5)[nH]4)C=C3.[Ni]. The minimum Gasteiger partial charge on any atom is -0.478 e. The van der Waals surface area contributed by atoms with Crippen molar-refractivity contribution in [2.45, 2.75) is 0 Å². The van der Waals surface area contributed by atoms with E-state index in [-0.39, 0.29) is 27.9 Å². The summed E-state index contributed by atoms with van der Waals surface area (Å²) in [5.41, 5.74) is -2.17. The van der Waals surface area contributed by atoms with Crippen LogP contribution in [-0.4, -0.2) is 63.9 Å². The van der Waals surface area contributed by atoms with Gasteiger partial charge in [0, 0.05) is 27.5 Å². The van der Waals surface area contributed by atoms with E-state index in [1.165, 1.54) is 18.2 Å². The van der Waals surface area contributed by atoms with E-state index in [2.05, 4.69) is 15.0 Å².